The average Bonchev–Trinajstić information content (AvgIpc) is 3.15. The van der Waals surface area contributed by atoms with E-state index in [0.717, 1.165) is 31.5 Å². The van der Waals surface area contributed by atoms with Gasteiger partial charge in [-0.2, -0.15) is 4.31 Å². The fraction of sp³-hybridized carbons (Fsp3) is 0.500. The van der Waals surface area contributed by atoms with E-state index in [-0.39, 0.29) is 11.8 Å². The van der Waals surface area contributed by atoms with Crippen LogP contribution in [0, 0.1) is 5.92 Å². The molecule has 2 heterocycles. The molecule has 0 saturated carbocycles. The largest absolute Gasteiger partial charge is 0.342 e. The number of sulfonamides is 1. The Bertz CT molecular complexity index is 686. The Morgan fingerprint density at radius 1 is 1.00 bits per heavy atom. The molecule has 0 radical (unpaired) electrons. The molecule has 2 aliphatic heterocycles. The fourth-order valence-corrected chi connectivity index (χ4v) is 4.59. The van der Waals surface area contributed by atoms with Crippen molar-refractivity contribution in [1.29, 1.82) is 0 Å². The van der Waals surface area contributed by atoms with Crippen molar-refractivity contribution in [3.8, 4) is 0 Å². The summed E-state index contributed by atoms with van der Waals surface area (Å²) in [5.41, 5.74) is 0.861. The number of rotatable bonds is 4. The van der Waals surface area contributed by atoms with Crippen LogP contribution in [0.5, 0.6) is 0 Å². The zero-order valence-electron chi connectivity index (χ0n) is 13.8. The van der Waals surface area contributed by atoms with Crippen molar-refractivity contribution in [1.82, 2.24) is 9.21 Å². The number of carbonyl (C=O) groups is 1. The number of hydrogen-bond acceptors (Lipinski definition) is 3. The molecule has 24 heavy (non-hydrogen) atoms. The van der Waals surface area contributed by atoms with Gasteiger partial charge in [-0.1, -0.05) is 30.3 Å². The number of piperidine rings is 1. The van der Waals surface area contributed by atoms with Gasteiger partial charge in [0.2, 0.25) is 15.9 Å². The molecule has 2 saturated heterocycles. The molecular formula is C18H24N2O3S. The quantitative estimate of drug-likeness (QED) is 0.839. The number of likely N-dealkylation sites (tertiary alicyclic amines) is 1. The second kappa shape index (κ2) is 7.49. The molecule has 2 fully saturated rings. The molecule has 3 rings (SSSR count). The number of hydrogen-bond donors (Lipinski definition) is 0. The van der Waals surface area contributed by atoms with Crippen LogP contribution >= 0.6 is 0 Å². The van der Waals surface area contributed by atoms with Gasteiger partial charge in [0.1, 0.15) is 0 Å². The normalized spacial score (nSPS) is 20.8. The summed E-state index contributed by atoms with van der Waals surface area (Å²) in [7, 11) is -3.42. The average molecular weight is 348 g/mol. The van der Waals surface area contributed by atoms with Crippen LogP contribution in [0.3, 0.4) is 0 Å². The Balaban J connectivity index is 1.57. The van der Waals surface area contributed by atoms with Crippen LogP contribution < -0.4 is 0 Å². The van der Waals surface area contributed by atoms with Gasteiger partial charge in [0, 0.05) is 37.5 Å². The fourth-order valence-electron chi connectivity index (χ4n) is 3.37. The molecule has 1 amide bonds. The van der Waals surface area contributed by atoms with Crippen molar-refractivity contribution in [3.63, 3.8) is 0 Å². The molecule has 0 unspecified atom stereocenters. The van der Waals surface area contributed by atoms with Crippen molar-refractivity contribution >= 4 is 22.0 Å². The van der Waals surface area contributed by atoms with E-state index < -0.39 is 10.0 Å². The highest BCUT2D eigenvalue weighted by Crippen LogP contribution is 2.24. The summed E-state index contributed by atoms with van der Waals surface area (Å²) in [5.74, 6) is 0.192. The highest BCUT2D eigenvalue weighted by molar-refractivity contribution is 7.92. The predicted octanol–water partition coefficient (Wildman–Crippen LogP) is 2.32. The SMILES string of the molecule is O=C(C1CCN(S(=O)(=O)/C=C/c2ccccc2)CC1)N1CCCC1. The lowest BCUT2D eigenvalue weighted by atomic mass is 9.97. The second-order valence-corrected chi connectivity index (χ2v) is 8.28. The maximum Gasteiger partial charge on any atom is 0.236 e. The van der Waals surface area contributed by atoms with E-state index in [2.05, 4.69) is 0 Å². The molecule has 130 valence electrons. The summed E-state index contributed by atoms with van der Waals surface area (Å²) in [4.78, 5) is 14.3. The molecule has 0 aliphatic carbocycles. The Morgan fingerprint density at radius 2 is 1.62 bits per heavy atom. The van der Waals surface area contributed by atoms with Crippen molar-refractivity contribution in [3.05, 3.63) is 41.3 Å². The monoisotopic (exact) mass is 348 g/mol. The second-order valence-electron chi connectivity index (χ2n) is 6.46. The molecule has 0 spiro atoms. The Hall–Kier alpha value is -1.66. The molecule has 0 atom stereocenters. The zero-order valence-corrected chi connectivity index (χ0v) is 14.6. The van der Waals surface area contributed by atoms with Gasteiger partial charge in [-0.25, -0.2) is 8.42 Å². The maximum absolute atomic E-state index is 12.4. The van der Waals surface area contributed by atoms with Crippen LogP contribution in [0.15, 0.2) is 35.7 Å². The van der Waals surface area contributed by atoms with E-state index in [4.69, 9.17) is 0 Å². The van der Waals surface area contributed by atoms with Crippen molar-refractivity contribution in [2.45, 2.75) is 25.7 Å². The Morgan fingerprint density at radius 3 is 2.25 bits per heavy atom. The highest BCUT2D eigenvalue weighted by atomic mass is 32.2. The predicted molar refractivity (Wildman–Crippen MR) is 94.5 cm³/mol. The van der Waals surface area contributed by atoms with E-state index in [9.17, 15) is 13.2 Å². The van der Waals surface area contributed by atoms with E-state index in [1.54, 1.807) is 6.08 Å². The molecule has 5 nitrogen and oxygen atoms in total. The summed E-state index contributed by atoms with van der Waals surface area (Å²) in [6, 6.07) is 9.39. The lowest BCUT2D eigenvalue weighted by molar-refractivity contribution is -0.135. The van der Waals surface area contributed by atoms with Crippen molar-refractivity contribution in [2.24, 2.45) is 5.92 Å². The lowest BCUT2D eigenvalue weighted by Crippen LogP contribution is -2.43. The van der Waals surface area contributed by atoms with Crippen LogP contribution in [-0.2, 0) is 14.8 Å². The van der Waals surface area contributed by atoms with Crippen LogP contribution in [-0.4, -0.2) is 49.7 Å². The van der Waals surface area contributed by atoms with Gasteiger partial charge in [-0.05, 0) is 37.3 Å². The molecule has 0 aromatic heterocycles. The molecular weight excluding hydrogens is 324 g/mol. The van der Waals surface area contributed by atoms with E-state index in [1.165, 1.54) is 9.71 Å². The first-order valence-electron chi connectivity index (χ1n) is 8.58. The Labute approximate surface area is 144 Å². The third-order valence-electron chi connectivity index (χ3n) is 4.81. The molecule has 1 aromatic carbocycles. The van der Waals surface area contributed by atoms with Crippen LogP contribution in [0.1, 0.15) is 31.2 Å². The van der Waals surface area contributed by atoms with Gasteiger partial charge in [-0.15, -0.1) is 0 Å². The van der Waals surface area contributed by atoms with Crippen LogP contribution in [0.25, 0.3) is 6.08 Å². The summed E-state index contributed by atoms with van der Waals surface area (Å²) in [6.07, 6.45) is 5.03. The standard InChI is InChI=1S/C18H24N2O3S/c21-18(19-11-4-5-12-19)17-8-13-20(14-9-17)24(22,23)15-10-16-6-2-1-3-7-16/h1-3,6-7,10,15,17H,4-5,8-9,11-14H2/b15-10+. The molecule has 2 aliphatic rings. The van der Waals surface area contributed by atoms with Gasteiger partial charge in [0.25, 0.3) is 0 Å². The van der Waals surface area contributed by atoms with Gasteiger partial charge in [0.05, 0.1) is 0 Å². The highest BCUT2D eigenvalue weighted by Gasteiger charge is 2.32. The number of carbonyl (C=O) groups excluding carboxylic acids is 1. The molecule has 1 aromatic rings. The van der Waals surface area contributed by atoms with Crippen LogP contribution in [0.4, 0.5) is 0 Å². The molecule has 0 bridgehead atoms. The molecule has 0 N–H and O–H groups in total. The summed E-state index contributed by atoms with van der Waals surface area (Å²) >= 11 is 0. The first-order valence-corrected chi connectivity index (χ1v) is 10.1. The van der Waals surface area contributed by atoms with Gasteiger partial charge >= 0.3 is 0 Å². The van der Waals surface area contributed by atoms with E-state index >= 15 is 0 Å². The Kier molecular flexibility index (Phi) is 5.36. The smallest absolute Gasteiger partial charge is 0.236 e. The minimum Gasteiger partial charge on any atom is -0.342 e. The first-order chi connectivity index (χ1) is 11.6. The summed E-state index contributed by atoms with van der Waals surface area (Å²) in [6.45, 7) is 2.56. The minimum absolute atomic E-state index is 0.0207. The third kappa shape index (κ3) is 4.05. The molecule has 6 heteroatoms. The number of amides is 1. The minimum atomic E-state index is -3.42. The van der Waals surface area contributed by atoms with Crippen molar-refractivity contribution in [2.75, 3.05) is 26.2 Å². The third-order valence-corrected chi connectivity index (χ3v) is 6.38. The van der Waals surface area contributed by atoms with Crippen molar-refractivity contribution < 1.29 is 13.2 Å². The topological polar surface area (TPSA) is 57.7 Å². The van der Waals surface area contributed by atoms with Crippen LogP contribution in [0.2, 0.25) is 0 Å². The maximum atomic E-state index is 12.4. The zero-order chi connectivity index (χ0) is 17.0. The van der Waals surface area contributed by atoms with Gasteiger partial charge < -0.3 is 4.90 Å². The first kappa shape index (κ1) is 17.2. The number of nitrogens with zero attached hydrogens (tertiary/aromatic N) is 2. The number of benzene rings is 1. The van der Waals surface area contributed by atoms with E-state index in [0.29, 0.717) is 25.9 Å². The summed E-state index contributed by atoms with van der Waals surface area (Å²) in [5, 5.41) is 1.27. The van der Waals surface area contributed by atoms with E-state index in [1.807, 2.05) is 35.2 Å². The van der Waals surface area contributed by atoms with Gasteiger partial charge in [-0.3, -0.25) is 4.79 Å². The lowest BCUT2D eigenvalue weighted by Gasteiger charge is -2.31. The summed E-state index contributed by atoms with van der Waals surface area (Å²) < 4.78 is 26.4. The van der Waals surface area contributed by atoms with Gasteiger partial charge in [0.15, 0.2) is 0 Å².